The maximum absolute atomic E-state index is 13.4. The number of benzene rings is 2. The predicted molar refractivity (Wildman–Crippen MR) is 104 cm³/mol. The molecule has 3 rings (SSSR count). The first kappa shape index (κ1) is 20.2. The Bertz CT molecular complexity index is 1010. The Labute approximate surface area is 166 Å². The van der Waals surface area contributed by atoms with Gasteiger partial charge in [0.1, 0.15) is 0 Å². The van der Waals surface area contributed by atoms with Gasteiger partial charge in [0.15, 0.2) is 11.6 Å². The van der Waals surface area contributed by atoms with Gasteiger partial charge in [0.05, 0.1) is 6.33 Å². The SMILES string of the molecule is CN(Cc1ccc(F)c(F)c1)C(=O)c1cccc(NC(=O)CCn2ccnc2)c1. The number of amides is 2. The molecular formula is C21H20F2N4O2. The van der Waals surface area contributed by atoms with Crippen LogP contribution in [0.1, 0.15) is 22.3 Å². The molecule has 0 fully saturated rings. The van der Waals surface area contributed by atoms with Crippen LogP contribution in [-0.4, -0.2) is 33.3 Å². The molecule has 1 heterocycles. The van der Waals surface area contributed by atoms with Crippen molar-refractivity contribution in [3.8, 4) is 0 Å². The fourth-order valence-corrected chi connectivity index (χ4v) is 2.81. The average Bonchev–Trinajstić information content (AvgIpc) is 3.22. The third-order valence-electron chi connectivity index (χ3n) is 4.30. The molecule has 0 bridgehead atoms. The highest BCUT2D eigenvalue weighted by atomic mass is 19.2. The summed E-state index contributed by atoms with van der Waals surface area (Å²) in [5.41, 5.74) is 1.36. The van der Waals surface area contributed by atoms with E-state index in [0.717, 1.165) is 12.1 Å². The Morgan fingerprint density at radius 2 is 1.97 bits per heavy atom. The molecule has 0 spiro atoms. The Hall–Kier alpha value is -3.55. The van der Waals surface area contributed by atoms with Crippen molar-refractivity contribution >= 4 is 17.5 Å². The standard InChI is InChI=1S/C21H20F2N4O2/c1-26(13-15-5-6-18(22)19(23)11-15)21(29)16-3-2-4-17(12-16)25-20(28)7-9-27-10-8-24-14-27/h2-6,8,10-12,14H,7,9,13H2,1H3,(H,25,28). The van der Waals surface area contributed by atoms with Crippen molar-refractivity contribution in [1.29, 1.82) is 0 Å². The number of hydrogen-bond donors (Lipinski definition) is 1. The second-order valence-electron chi connectivity index (χ2n) is 6.59. The van der Waals surface area contributed by atoms with Crippen molar-refractivity contribution in [3.63, 3.8) is 0 Å². The van der Waals surface area contributed by atoms with Crippen molar-refractivity contribution in [2.24, 2.45) is 0 Å². The number of aryl methyl sites for hydroxylation is 1. The van der Waals surface area contributed by atoms with Crippen molar-refractivity contribution in [3.05, 3.63) is 83.9 Å². The lowest BCUT2D eigenvalue weighted by Crippen LogP contribution is -2.26. The summed E-state index contributed by atoms with van der Waals surface area (Å²) >= 11 is 0. The van der Waals surface area contributed by atoms with Gasteiger partial charge in [-0.3, -0.25) is 9.59 Å². The van der Waals surface area contributed by atoms with E-state index in [0.29, 0.717) is 23.4 Å². The quantitative estimate of drug-likeness (QED) is 0.663. The molecule has 0 atom stereocenters. The third kappa shape index (κ3) is 5.47. The van der Waals surface area contributed by atoms with Crippen LogP contribution < -0.4 is 5.32 Å². The highest BCUT2D eigenvalue weighted by molar-refractivity contribution is 5.97. The van der Waals surface area contributed by atoms with Crippen LogP contribution >= 0.6 is 0 Å². The van der Waals surface area contributed by atoms with E-state index in [1.165, 1.54) is 11.0 Å². The minimum atomic E-state index is -0.955. The molecule has 1 aromatic heterocycles. The number of anilines is 1. The molecule has 0 saturated carbocycles. The largest absolute Gasteiger partial charge is 0.337 e. The van der Waals surface area contributed by atoms with E-state index >= 15 is 0 Å². The van der Waals surface area contributed by atoms with E-state index in [2.05, 4.69) is 10.3 Å². The van der Waals surface area contributed by atoms with Crippen LogP contribution in [-0.2, 0) is 17.9 Å². The van der Waals surface area contributed by atoms with Gasteiger partial charge in [0.2, 0.25) is 5.91 Å². The monoisotopic (exact) mass is 398 g/mol. The zero-order valence-corrected chi connectivity index (χ0v) is 15.8. The number of carbonyl (C=O) groups is 2. The van der Waals surface area contributed by atoms with Crippen molar-refractivity contribution in [2.75, 3.05) is 12.4 Å². The van der Waals surface area contributed by atoms with E-state index in [4.69, 9.17) is 0 Å². The van der Waals surface area contributed by atoms with Crippen LogP contribution in [0.2, 0.25) is 0 Å². The van der Waals surface area contributed by atoms with Crippen LogP contribution in [0.3, 0.4) is 0 Å². The predicted octanol–water partition coefficient (Wildman–Crippen LogP) is 3.46. The van der Waals surface area contributed by atoms with Gasteiger partial charge in [-0.05, 0) is 35.9 Å². The van der Waals surface area contributed by atoms with Crippen LogP contribution in [0.15, 0.2) is 61.2 Å². The van der Waals surface area contributed by atoms with Gasteiger partial charge in [-0.25, -0.2) is 13.8 Å². The number of halogens is 2. The van der Waals surface area contributed by atoms with Crippen LogP contribution in [0.4, 0.5) is 14.5 Å². The molecule has 2 aromatic carbocycles. The summed E-state index contributed by atoms with van der Waals surface area (Å²) in [6, 6.07) is 10.1. The molecule has 1 N–H and O–H groups in total. The van der Waals surface area contributed by atoms with E-state index < -0.39 is 11.6 Å². The molecule has 3 aromatic rings. The topological polar surface area (TPSA) is 67.2 Å². The second kappa shape index (κ2) is 9.09. The normalized spacial score (nSPS) is 10.6. The van der Waals surface area contributed by atoms with Gasteiger partial charge in [0, 0.05) is 50.2 Å². The molecule has 0 unspecified atom stereocenters. The maximum Gasteiger partial charge on any atom is 0.253 e. The lowest BCUT2D eigenvalue weighted by Gasteiger charge is -2.18. The fraction of sp³-hybridized carbons (Fsp3) is 0.190. The van der Waals surface area contributed by atoms with Crippen molar-refractivity contribution < 1.29 is 18.4 Å². The second-order valence-corrected chi connectivity index (χ2v) is 6.59. The minimum absolute atomic E-state index is 0.123. The molecule has 8 heteroatoms. The fourth-order valence-electron chi connectivity index (χ4n) is 2.81. The van der Waals surface area contributed by atoms with Crippen LogP contribution in [0.5, 0.6) is 0 Å². The third-order valence-corrected chi connectivity index (χ3v) is 4.30. The zero-order chi connectivity index (χ0) is 20.8. The number of nitrogens with one attached hydrogen (secondary N) is 1. The highest BCUT2D eigenvalue weighted by Crippen LogP contribution is 2.15. The van der Waals surface area contributed by atoms with E-state index in [1.807, 2.05) is 0 Å². The van der Waals surface area contributed by atoms with Gasteiger partial charge in [-0.1, -0.05) is 12.1 Å². The number of carbonyl (C=O) groups excluding carboxylic acids is 2. The summed E-state index contributed by atoms with van der Waals surface area (Å²) in [4.78, 5) is 30.1. The van der Waals surface area contributed by atoms with Gasteiger partial charge < -0.3 is 14.8 Å². The molecule has 6 nitrogen and oxygen atoms in total. The number of imidazole rings is 1. The summed E-state index contributed by atoms with van der Waals surface area (Å²) < 4.78 is 28.2. The van der Waals surface area contributed by atoms with Gasteiger partial charge in [-0.2, -0.15) is 0 Å². The van der Waals surface area contributed by atoms with Gasteiger partial charge in [-0.15, -0.1) is 0 Å². The first-order chi connectivity index (χ1) is 13.9. The summed E-state index contributed by atoms with van der Waals surface area (Å²) in [5, 5.41) is 2.77. The van der Waals surface area contributed by atoms with E-state index in [-0.39, 0.29) is 24.8 Å². The van der Waals surface area contributed by atoms with Crippen LogP contribution in [0.25, 0.3) is 0 Å². The summed E-state index contributed by atoms with van der Waals surface area (Å²) in [7, 11) is 1.57. The minimum Gasteiger partial charge on any atom is -0.337 e. The Balaban J connectivity index is 1.60. The highest BCUT2D eigenvalue weighted by Gasteiger charge is 2.14. The summed E-state index contributed by atoms with van der Waals surface area (Å²) in [5.74, 6) is -2.37. The van der Waals surface area contributed by atoms with Gasteiger partial charge >= 0.3 is 0 Å². The molecule has 0 aliphatic heterocycles. The van der Waals surface area contributed by atoms with Crippen molar-refractivity contribution in [1.82, 2.24) is 14.5 Å². The van der Waals surface area contributed by atoms with Crippen LogP contribution in [0, 0.1) is 11.6 Å². The summed E-state index contributed by atoms with van der Waals surface area (Å²) in [6.07, 6.45) is 5.32. The Morgan fingerprint density at radius 3 is 2.69 bits per heavy atom. The smallest absolute Gasteiger partial charge is 0.253 e. The number of rotatable bonds is 7. The summed E-state index contributed by atoms with van der Waals surface area (Å²) in [6.45, 7) is 0.624. The molecule has 0 aliphatic carbocycles. The first-order valence-corrected chi connectivity index (χ1v) is 8.97. The maximum atomic E-state index is 13.4. The Morgan fingerprint density at radius 1 is 1.14 bits per heavy atom. The average molecular weight is 398 g/mol. The Kier molecular flexibility index (Phi) is 6.33. The van der Waals surface area contributed by atoms with E-state index in [9.17, 15) is 18.4 Å². The molecule has 2 amide bonds. The number of nitrogens with zero attached hydrogens (tertiary/aromatic N) is 3. The molecule has 0 radical (unpaired) electrons. The van der Waals surface area contributed by atoms with E-state index in [1.54, 1.807) is 54.6 Å². The number of hydrogen-bond acceptors (Lipinski definition) is 3. The van der Waals surface area contributed by atoms with Crippen molar-refractivity contribution in [2.45, 2.75) is 19.5 Å². The first-order valence-electron chi connectivity index (χ1n) is 8.97. The molecule has 0 saturated heterocycles. The molecule has 29 heavy (non-hydrogen) atoms. The molecule has 0 aliphatic rings. The number of aromatic nitrogens is 2. The van der Waals surface area contributed by atoms with Gasteiger partial charge in [0.25, 0.3) is 5.91 Å². The molecule has 150 valence electrons. The lowest BCUT2D eigenvalue weighted by molar-refractivity contribution is -0.116. The zero-order valence-electron chi connectivity index (χ0n) is 15.8. The molecular weight excluding hydrogens is 378 g/mol. The lowest BCUT2D eigenvalue weighted by atomic mass is 10.1.